The first kappa shape index (κ1) is 18.8. The van der Waals surface area contributed by atoms with E-state index >= 15 is 0 Å². The summed E-state index contributed by atoms with van der Waals surface area (Å²) >= 11 is 0. The van der Waals surface area contributed by atoms with Crippen LogP contribution >= 0.6 is 0 Å². The zero-order valence-corrected chi connectivity index (χ0v) is 16.9. The molecule has 0 bridgehead atoms. The molecule has 2 atom stereocenters. The summed E-state index contributed by atoms with van der Waals surface area (Å²) in [6, 6.07) is 1.92. The van der Waals surface area contributed by atoms with Crippen LogP contribution in [-0.4, -0.2) is 63.1 Å². The van der Waals surface area contributed by atoms with Gasteiger partial charge >= 0.3 is 0 Å². The number of aromatic amines is 1. The van der Waals surface area contributed by atoms with E-state index in [2.05, 4.69) is 25.4 Å². The molecule has 2 aromatic rings. The van der Waals surface area contributed by atoms with Gasteiger partial charge in [-0.3, -0.25) is 9.89 Å². The predicted octanol–water partition coefficient (Wildman–Crippen LogP) is 1.75. The number of H-pyrrole nitrogens is 1. The number of hydrogen-bond donors (Lipinski definition) is 3. The number of rotatable bonds is 3. The molecule has 3 N–H and O–H groups in total. The molecule has 3 aliphatic rings. The summed E-state index contributed by atoms with van der Waals surface area (Å²) in [6.07, 6.45) is 7.93. The minimum absolute atomic E-state index is 0.0862. The lowest BCUT2D eigenvalue weighted by Gasteiger charge is -2.54. The molecule has 156 valence electrons. The number of fused-ring (bicyclic) bond motifs is 1. The molecule has 5 rings (SSSR count). The monoisotopic (exact) mass is 399 g/mol. The SMILES string of the molecule is C[C@]1(NC(=O)C2CCC2)CCOC2(CCN(c3nccc4[nH]ncc34)CC2)[C@@H]1O. The number of nitrogens with zero attached hydrogens (tertiary/aromatic N) is 3. The van der Waals surface area contributed by atoms with Crippen molar-refractivity contribution in [3.05, 3.63) is 18.5 Å². The first-order valence-electron chi connectivity index (χ1n) is 10.7. The van der Waals surface area contributed by atoms with Gasteiger partial charge < -0.3 is 20.1 Å². The van der Waals surface area contributed by atoms with E-state index in [9.17, 15) is 9.90 Å². The van der Waals surface area contributed by atoms with Gasteiger partial charge in [-0.25, -0.2) is 4.98 Å². The number of carbonyl (C=O) groups is 1. The van der Waals surface area contributed by atoms with Crippen molar-refractivity contribution in [2.45, 2.75) is 62.7 Å². The fourth-order valence-corrected chi connectivity index (χ4v) is 5.07. The van der Waals surface area contributed by atoms with Crippen LogP contribution in [-0.2, 0) is 9.53 Å². The maximum Gasteiger partial charge on any atom is 0.223 e. The Bertz CT molecular complexity index is 903. The van der Waals surface area contributed by atoms with E-state index in [-0.39, 0.29) is 11.8 Å². The third-order valence-electron chi connectivity index (χ3n) is 7.25. The number of amides is 1. The largest absolute Gasteiger partial charge is 0.388 e. The highest BCUT2D eigenvalue weighted by molar-refractivity contribution is 5.89. The van der Waals surface area contributed by atoms with Crippen molar-refractivity contribution >= 4 is 22.6 Å². The highest BCUT2D eigenvalue weighted by atomic mass is 16.5. The summed E-state index contributed by atoms with van der Waals surface area (Å²) in [5.41, 5.74) is -0.299. The third kappa shape index (κ3) is 3.09. The van der Waals surface area contributed by atoms with E-state index in [4.69, 9.17) is 4.74 Å². The minimum Gasteiger partial charge on any atom is -0.388 e. The topological polar surface area (TPSA) is 103 Å². The molecule has 0 radical (unpaired) electrons. The molecular formula is C21H29N5O3. The van der Waals surface area contributed by atoms with Crippen LogP contribution in [0.3, 0.4) is 0 Å². The number of ether oxygens (including phenoxy) is 1. The molecule has 1 aliphatic carbocycles. The number of piperidine rings is 1. The Labute approximate surface area is 170 Å². The molecule has 2 aliphatic heterocycles. The molecule has 3 fully saturated rings. The van der Waals surface area contributed by atoms with Crippen molar-refractivity contribution in [1.29, 1.82) is 0 Å². The van der Waals surface area contributed by atoms with Gasteiger partial charge in [0.1, 0.15) is 11.9 Å². The maximum absolute atomic E-state index is 12.6. The minimum atomic E-state index is -0.729. The Balaban J connectivity index is 1.31. The van der Waals surface area contributed by atoms with Crippen LogP contribution in [0.2, 0.25) is 0 Å². The fraction of sp³-hybridized carbons (Fsp3) is 0.667. The Kier molecular flexibility index (Phi) is 4.51. The molecule has 4 heterocycles. The molecule has 2 saturated heterocycles. The van der Waals surface area contributed by atoms with Crippen LogP contribution in [0.4, 0.5) is 5.82 Å². The Morgan fingerprint density at radius 3 is 2.86 bits per heavy atom. The summed E-state index contributed by atoms with van der Waals surface area (Å²) in [5, 5.41) is 22.6. The molecule has 0 aromatic carbocycles. The third-order valence-corrected chi connectivity index (χ3v) is 7.25. The van der Waals surface area contributed by atoms with Crippen LogP contribution in [0.1, 0.15) is 45.4 Å². The normalized spacial score (nSPS) is 29.7. The zero-order chi connectivity index (χ0) is 20.1. The van der Waals surface area contributed by atoms with E-state index in [0.29, 0.717) is 25.9 Å². The molecule has 0 unspecified atom stereocenters. The number of aromatic nitrogens is 3. The van der Waals surface area contributed by atoms with E-state index in [1.807, 2.05) is 13.0 Å². The van der Waals surface area contributed by atoms with Crippen molar-refractivity contribution in [3.8, 4) is 0 Å². The molecule has 1 spiro atoms. The van der Waals surface area contributed by atoms with Crippen LogP contribution in [0.25, 0.3) is 10.9 Å². The first-order valence-corrected chi connectivity index (χ1v) is 10.7. The van der Waals surface area contributed by atoms with Crippen molar-refractivity contribution in [2.24, 2.45) is 5.92 Å². The second kappa shape index (κ2) is 6.95. The lowest BCUT2D eigenvalue weighted by Crippen LogP contribution is -2.69. The molecule has 1 amide bonds. The van der Waals surface area contributed by atoms with Gasteiger partial charge in [0.2, 0.25) is 5.91 Å². The Hall–Kier alpha value is -2.19. The molecule has 8 nitrogen and oxygen atoms in total. The van der Waals surface area contributed by atoms with E-state index in [1.165, 1.54) is 0 Å². The Morgan fingerprint density at radius 1 is 1.34 bits per heavy atom. The highest BCUT2D eigenvalue weighted by Crippen LogP contribution is 2.41. The lowest BCUT2D eigenvalue weighted by atomic mass is 9.72. The number of aliphatic hydroxyl groups is 1. The molecular weight excluding hydrogens is 370 g/mol. The Morgan fingerprint density at radius 2 is 2.14 bits per heavy atom. The van der Waals surface area contributed by atoms with Crippen molar-refractivity contribution in [1.82, 2.24) is 20.5 Å². The number of pyridine rings is 1. The van der Waals surface area contributed by atoms with Crippen molar-refractivity contribution in [2.75, 3.05) is 24.6 Å². The van der Waals surface area contributed by atoms with Gasteiger partial charge in [-0.15, -0.1) is 0 Å². The molecule has 29 heavy (non-hydrogen) atoms. The lowest BCUT2D eigenvalue weighted by molar-refractivity contribution is -0.199. The fourth-order valence-electron chi connectivity index (χ4n) is 5.07. The zero-order valence-electron chi connectivity index (χ0n) is 16.9. The van der Waals surface area contributed by atoms with Gasteiger partial charge in [-0.05, 0) is 45.1 Å². The van der Waals surface area contributed by atoms with E-state index in [1.54, 1.807) is 12.4 Å². The quantitative estimate of drug-likeness (QED) is 0.727. The summed E-state index contributed by atoms with van der Waals surface area (Å²) in [4.78, 5) is 19.4. The average molecular weight is 399 g/mol. The number of hydrogen-bond acceptors (Lipinski definition) is 6. The number of anilines is 1. The van der Waals surface area contributed by atoms with Gasteiger partial charge in [0.15, 0.2) is 0 Å². The predicted molar refractivity (Wildman–Crippen MR) is 109 cm³/mol. The van der Waals surface area contributed by atoms with Crippen LogP contribution in [0, 0.1) is 5.92 Å². The number of aliphatic hydroxyl groups excluding tert-OH is 1. The van der Waals surface area contributed by atoms with Gasteiger partial charge in [0.25, 0.3) is 0 Å². The standard InChI is InChI=1S/C21H29N5O3/c1-20(24-18(27)14-3-2-4-14)8-12-29-21(19(20)28)6-10-26(11-7-21)17-15-13-23-25-16(15)5-9-22-17/h5,9,13-14,19,28H,2-4,6-8,10-12H2,1H3,(H,23,25)(H,24,27)/t19-,20+/m1/s1. The smallest absolute Gasteiger partial charge is 0.223 e. The highest BCUT2D eigenvalue weighted by Gasteiger charge is 2.54. The van der Waals surface area contributed by atoms with Crippen LogP contribution < -0.4 is 10.2 Å². The van der Waals surface area contributed by atoms with Crippen LogP contribution in [0.15, 0.2) is 18.5 Å². The van der Waals surface area contributed by atoms with Crippen LogP contribution in [0.5, 0.6) is 0 Å². The first-order chi connectivity index (χ1) is 14.0. The summed E-state index contributed by atoms with van der Waals surface area (Å²) < 4.78 is 6.19. The summed E-state index contributed by atoms with van der Waals surface area (Å²) in [6.45, 7) is 3.99. The van der Waals surface area contributed by atoms with Crippen molar-refractivity contribution < 1.29 is 14.6 Å². The van der Waals surface area contributed by atoms with Gasteiger partial charge in [-0.2, -0.15) is 5.10 Å². The van der Waals surface area contributed by atoms with Gasteiger partial charge in [-0.1, -0.05) is 6.42 Å². The van der Waals surface area contributed by atoms with Gasteiger partial charge in [0, 0.05) is 31.8 Å². The van der Waals surface area contributed by atoms with E-state index in [0.717, 1.165) is 49.1 Å². The molecule has 1 saturated carbocycles. The maximum atomic E-state index is 12.6. The second-order valence-electron chi connectivity index (χ2n) is 9.05. The van der Waals surface area contributed by atoms with Gasteiger partial charge in [0.05, 0.1) is 28.2 Å². The molecule has 2 aromatic heterocycles. The number of carbonyl (C=O) groups excluding carboxylic acids is 1. The summed E-state index contributed by atoms with van der Waals surface area (Å²) in [7, 11) is 0. The summed E-state index contributed by atoms with van der Waals surface area (Å²) in [5.74, 6) is 1.11. The van der Waals surface area contributed by atoms with E-state index < -0.39 is 17.2 Å². The second-order valence-corrected chi connectivity index (χ2v) is 9.05. The average Bonchev–Trinajstić information content (AvgIpc) is 3.14. The molecule has 8 heteroatoms. The number of nitrogens with one attached hydrogen (secondary N) is 2. The van der Waals surface area contributed by atoms with Crippen molar-refractivity contribution in [3.63, 3.8) is 0 Å².